The number of anilines is 1. The Kier molecular flexibility index (Phi) is 6.81. The van der Waals surface area contributed by atoms with Crippen molar-refractivity contribution in [3.63, 3.8) is 0 Å². The van der Waals surface area contributed by atoms with Crippen LogP contribution in [0.5, 0.6) is 0 Å². The average molecular weight is 351 g/mol. The zero-order chi connectivity index (χ0) is 18.4. The molecule has 0 spiro atoms. The van der Waals surface area contributed by atoms with Crippen LogP contribution in [0.4, 0.5) is 10.6 Å². The van der Waals surface area contributed by atoms with Crippen LogP contribution in [0, 0.1) is 0 Å². The largest absolute Gasteiger partial charge is 0.375 e. The van der Waals surface area contributed by atoms with Gasteiger partial charge < -0.3 is 14.5 Å². The molecular weight excluding hydrogens is 322 g/mol. The lowest BCUT2D eigenvalue weighted by Gasteiger charge is -2.22. The average Bonchev–Trinajstić information content (AvgIpc) is 2.78. The van der Waals surface area contributed by atoms with Gasteiger partial charge in [0.1, 0.15) is 12.4 Å². The van der Waals surface area contributed by atoms with E-state index in [1.165, 1.54) is 7.11 Å². The number of nitrogens with one attached hydrogen (secondary N) is 1. The molecule has 8 nitrogen and oxygen atoms in total. The Morgan fingerprint density at radius 1 is 1.12 bits per heavy atom. The third-order valence-corrected chi connectivity index (χ3v) is 4.55. The highest BCUT2D eigenvalue weighted by Gasteiger charge is 2.23. The maximum atomic E-state index is 12.7. The summed E-state index contributed by atoms with van der Waals surface area (Å²) in [5.74, 6) is 0.734. The molecule has 0 atom stereocenters. The molecule has 1 aromatic rings. The van der Waals surface area contributed by atoms with E-state index in [1.54, 1.807) is 14.5 Å². The molecule has 0 radical (unpaired) electrons. The highest BCUT2D eigenvalue weighted by atomic mass is 16.5. The minimum Gasteiger partial charge on any atom is -0.375 e. The van der Waals surface area contributed by atoms with E-state index in [0.717, 1.165) is 36.3 Å². The van der Waals surface area contributed by atoms with Crippen molar-refractivity contribution in [3.05, 3.63) is 11.3 Å². The third kappa shape index (κ3) is 4.50. The van der Waals surface area contributed by atoms with Crippen LogP contribution < -0.4 is 5.32 Å². The number of urea groups is 1. The molecule has 0 unspecified atom stereocenters. The lowest BCUT2D eigenvalue weighted by molar-refractivity contribution is -0.134. The van der Waals surface area contributed by atoms with E-state index >= 15 is 0 Å². The zero-order valence-corrected chi connectivity index (χ0v) is 15.7. The van der Waals surface area contributed by atoms with Crippen molar-refractivity contribution in [2.75, 3.05) is 45.2 Å². The molecule has 0 saturated carbocycles. The van der Waals surface area contributed by atoms with Gasteiger partial charge in [0, 0.05) is 45.9 Å². The van der Waals surface area contributed by atoms with E-state index in [0.29, 0.717) is 26.2 Å². The molecule has 0 aromatic carbocycles. The summed E-state index contributed by atoms with van der Waals surface area (Å²) in [5.41, 5.74) is 2.11. The second-order valence-corrected chi connectivity index (χ2v) is 6.19. The van der Waals surface area contributed by atoms with E-state index in [-0.39, 0.29) is 18.5 Å². The summed E-state index contributed by atoms with van der Waals surface area (Å²) >= 11 is 0. The molecule has 1 aromatic heterocycles. The Bertz CT molecular complexity index is 614. The number of amides is 3. The summed E-state index contributed by atoms with van der Waals surface area (Å²) in [6.45, 7) is 6.54. The topological polar surface area (TPSA) is 79.7 Å². The number of hydrogen-bond donors (Lipinski definition) is 1. The Morgan fingerprint density at radius 3 is 2.44 bits per heavy atom. The third-order valence-electron chi connectivity index (χ3n) is 4.55. The molecule has 140 valence electrons. The lowest BCUT2D eigenvalue weighted by Crippen LogP contribution is -2.40. The van der Waals surface area contributed by atoms with Gasteiger partial charge >= 0.3 is 6.03 Å². The fourth-order valence-corrected chi connectivity index (χ4v) is 3.20. The normalized spacial score (nSPS) is 15.2. The Balaban J connectivity index is 2.02. The number of methoxy groups -OCH3 is 1. The monoisotopic (exact) mass is 351 g/mol. The van der Waals surface area contributed by atoms with E-state index in [2.05, 4.69) is 24.3 Å². The molecule has 0 aliphatic carbocycles. The Morgan fingerprint density at radius 2 is 1.80 bits per heavy atom. The first kappa shape index (κ1) is 19.2. The molecule has 1 N–H and O–H groups in total. The van der Waals surface area contributed by atoms with Crippen molar-refractivity contribution in [1.82, 2.24) is 19.6 Å². The fraction of sp³-hybridized carbons (Fsp3) is 0.706. The highest BCUT2D eigenvalue weighted by Crippen LogP contribution is 2.21. The van der Waals surface area contributed by atoms with Gasteiger partial charge in [-0.25, -0.2) is 4.79 Å². The van der Waals surface area contributed by atoms with Crippen molar-refractivity contribution < 1.29 is 14.3 Å². The van der Waals surface area contributed by atoms with Crippen molar-refractivity contribution in [1.29, 1.82) is 0 Å². The predicted octanol–water partition coefficient (Wildman–Crippen LogP) is 1.26. The lowest BCUT2D eigenvalue weighted by atomic mass is 10.1. The molecular formula is C17H29N5O3. The summed E-state index contributed by atoms with van der Waals surface area (Å²) in [6.07, 6.45) is 2.42. The number of rotatable bonds is 5. The van der Waals surface area contributed by atoms with E-state index < -0.39 is 0 Å². The SMILES string of the molecule is CCc1nn(C)c(NC(=O)N2CCCN(C(=O)COC)CC2)c1CC. The van der Waals surface area contributed by atoms with Gasteiger partial charge in [0.15, 0.2) is 0 Å². The minimum atomic E-state index is -0.138. The molecule has 25 heavy (non-hydrogen) atoms. The van der Waals surface area contributed by atoms with Gasteiger partial charge in [-0.05, 0) is 19.3 Å². The van der Waals surface area contributed by atoms with Gasteiger partial charge in [-0.1, -0.05) is 13.8 Å². The van der Waals surface area contributed by atoms with Crippen LogP contribution in [0.25, 0.3) is 0 Å². The molecule has 1 saturated heterocycles. The number of carbonyl (C=O) groups excluding carboxylic acids is 2. The predicted molar refractivity (Wildman–Crippen MR) is 95.6 cm³/mol. The zero-order valence-electron chi connectivity index (χ0n) is 15.7. The summed E-state index contributed by atoms with van der Waals surface area (Å²) < 4.78 is 6.65. The van der Waals surface area contributed by atoms with Crippen molar-refractivity contribution in [2.45, 2.75) is 33.1 Å². The minimum absolute atomic E-state index is 0.0303. The molecule has 2 rings (SSSR count). The molecule has 2 heterocycles. The summed E-state index contributed by atoms with van der Waals surface area (Å²) in [5, 5.41) is 7.50. The second kappa shape index (κ2) is 8.84. The number of aryl methyl sites for hydroxylation is 2. The van der Waals surface area contributed by atoms with Gasteiger partial charge in [0.25, 0.3) is 0 Å². The number of hydrogen-bond acceptors (Lipinski definition) is 4. The van der Waals surface area contributed by atoms with Crippen LogP contribution >= 0.6 is 0 Å². The van der Waals surface area contributed by atoms with Crippen molar-refractivity contribution >= 4 is 17.8 Å². The quantitative estimate of drug-likeness (QED) is 0.866. The summed E-state index contributed by atoms with van der Waals surface area (Å²) in [7, 11) is 3.36. The van der Waals surface area contributed by atoms with Crippen LogP contribution in [0.1, 0.15) is 31.5 Å². The smallest absolute Gasteiger partial charge is 0.323 e. The fourth-order valence-electron chi connectivity index (χ4n) is 3.20. The highest BCUT2D eigenvalue weighted by molar-refractivity contribution is 5.89. The van der Waals surface area contributed by atoms with Gasteiger partial charge in [-0.3, -0.25) is 14.8 Å². The van der Waals surface area contributed by atoms with Gasteiger partial charge in [0.05, 0.1) is 5.69 Å². The molecule has 1 aliphatic rings. The van der Waals surface area contributed by atoms with Crippen molar-refractivity contribution in [3.8, 4) is 0 Å². The number of carbonyl (C=O) groups is 2. The summed E-state index contributed by atoms with van der Waals surface area (Å²) in [4.78, 5) is 28.2. The number of ether oxygens (including phenoxy) is 1. The maximum Gasteiger partial charge on any atom is 0.323 e. The molecule has 3 amide bonds. The van der Waals surface area contributed by atoms with Gasteiger partial charge in [-0.2, -0.15) is 5.10 Å². The summed E-state index contributed by atoms with van der Waals surface area (Å²) in [6, 6.07) is -0.138. The van der Waals surface area contributed by atoms with E-state index in [4.69, 9.17) is 4.74 Å². The molecule has 1 fully saturated rings. The first-order valence-electron chi connectivity index (χ1n) is 8.89. The second-order valence-electron chi connectivity index (χ2n) is 6.19. The van der Waals surface area contributed by atoms with Crippen molar-refractivity contribution in [2.24, 2.45) is 7.05 Å². The first-order chi connectivity index (χ1) is 12.0. The first-order valence-corrected chi connectivity index (χ1v) is 8.89. The van der Waals surface area contributed by atoms with Crippen LogP contribution in [-0.2, 0) is 29.4 Å². The van der Waals surface area contributed by atoms with E-state index in [9.17, 15) is 9.59 Å². The van der Waals surface area contributed by atoms with Gasteiger partial charge in [0.2, 0.25) is 5.91 Å². The Hall–Kier alpha value is -2.09. The Labute approximate surface area is 149 Å². The van der Waals surface area contributed by atoms with E-state index in [1.807, 2.05) is 7.05 Å². The number of nitrogens with zero attached hydrogens (tertiary/aromatic N) is 4. The standard InChI is InChI=1S/C17H29N5O3/c1-5-13-14(6-2)19-20(3)16(13)18-17(24)22-9-7-8-21(10-11-22)15(23)12-25-4/h5-12H2,1-4H3,(H,18,24). The molecule has 8 heteroatoms. The molecule has 0 bridgehead atoms. The van der Waals surface area contributed by atoms with Crippen LogP contribution in [0.3, 0.4) is 0 Å². The van der Waals surface area contributed by atoms with Gasteiger partial charge in [-0.15, -0.1) is 0 Å². The molecule has 1 aliphatic heterocycles. The van der Waals surface area contributed by atoms with Crippen LogP contribution in [0.2, 0.25) is 0 Å². The van der Waals surface area contributed by atoms with Crippen LogP contribution in [-0.4, -0.2) is 71.4 Å². The maximum absolute atomic E-state index is 12.7. The number of aromatic nitrogens is 2. The van der Waals surface area contributed by atoms with Crippen LogP contribution in [0.15, 0.2) is 0 Å².